The van der Waals surface area contributed by atoms with Gasteiger partial charge in [-0.15, -0.1) is 11.6 Å². The van der Waals surface area contributed by atoms with Crippen LogP contribution in [0, 0.1) is 0 Å². The van der Waals surface area contributed by atoms with E-state index >= 15 is 0 Å². The molecule has 2 aromatic heterocycles. The van der Waals surface area contributed by atoms with Gasteiger partial charge in [-0.1, -0.05) is 5.16 Å². The van der Waals surface area contributed by atoms with Gasteiger partial charge in [-0.25, -0.2) is 9.97 Å². The maximum Gasteiger partial charge on any atom is 0.228 e. The maximum absolute atomic E-state index is 5.57. The monoisotopic (exact) mass is 240 g/mol. The minimum Gasteiger partial charge on any atom is -0.481 e. The van der Waals surface area contributed by atoms with Crippen LogP contribution < -0.4 is 4.74 Å². The zero-order chi connectivity index (χ0) is 11.4. The molecular weight excluding hydrogens is 232 g/mol. The molecule has 0 aliphatic heterocycles. The van der Waals surface area contributed by atoms with Crippen LogP contribution in [0.1, 0.15) is 5.89 Å². The second-order valence-corrected chi connectivity index (χ2v) is 3.27. The highest BCUT2D eigenvalue weighted by atomic mass is 35.5. The quantitative estimate of drug-likeness (QED) is 0.751. The Hall–Kier alpha value is -1.69. The fourth-order valence-electron chi connectivity index (χ4n) is 1.11. The summed E-state index contributed by atoms with van der Waals surface area (Å²) in [5, 5.41) is 3.79. The first-order valence-electron chi connectivity index (χ1n) is 4.58. The molecule has 16 heavy (non-hydrogen) atoms. The number of methoxy groups -OCH3 is 1. The summed E-state index contributed by atoms with van der Waals surface area (Å²) in [6.45, 7) is 0. The van der Waals surface area contributed by atoms with E-state index in [9.17, 15) is 0 Å². The summed E-state index contributed by atoms with van der Waals surface area (Å²) in [4.78, 5) is 12.0. The molecular formula is C9H9ClN4O2. The number of aromatic nitrogens is 4. The van der Waals surface area contributed by atoms with Crippen LogP contribution in [0.5, 0.6) is 5.88 Å². The van der Waals surface area contributed by atoms with Gasteiger partial charge in [0, 0.05) is 18.4 Å². The molecule has 0 spiro atoms. The Bertz CT molecular complexity index is 474. The van der Waals surface area contributed by atoms with Gasteiger partial charge < -0.3 is 9.26 Å². The fourth-order valence-corrected chi connectivity index (χ4v) is 1.28. The van der Waals surface area contributed by atoms with Crippen molar-refractivity contribution in [3.63, 3.8) is 0 Å². The summed E-state index contributed by atoms with van der Waals surface area (Å²) in [7, 11) is 1.53. The van der Waals surface area contributed by atoms with E-state index in [0.29, 0.717) is 35.6 Å². The Morgan fingerprint density at radius 1 is 1.44 bits per heavy atom. The number of hydrogen-bond acceptors (Lipinski definition) is 6. The summed E-state index contributed by atoms with van der Waals surface area (Å²) < 4.78 is 9.96. The summed E-state index contributed by atoms with van der Waals surface area (Å²) >= 11 is 5.57. The summed E-state index contributed by atoms with van der Waals surface area (Å²) in [5.74, 6) is 1.78. The highest BCUT2D eigenvalue weighted by molar-refractivity contribution is 6.17. The van der Waals surface area contributed by atoms with Crippen LogP contribution in [0.15, 0.2) is 16.9 Å². The number of nitrogens with zero attached hydrogens (tertiary/aromatic N) is 4. The molecule has 0 unspecified atom stereocenters. The Balaban J connectivity index is 2.27. The molecule has 0 radical (unpaired) electrons. The number of halogens is 1. The van der Waals surface area contributed by atoms with Crippen molar-refractivity contribution >= 4 is 11.6 Å². The molecule has 0 aliphatic carbocycles. The van der Waals surface area contributed by atoms with Crippen molar-refractivity contribution in [3.8, 4) is 17.4 Å². The zero-order valence-electron chi connectivity index (χ0n) is 8.55. The number of rotatable bonds is 4. The molecule has 2 aromatic rings. The average molecular weight is 241 g/mol. The van der Waals surface area contributed by atoms with Crippen molar-refractivity contribution in [2.45, 2.75) is 6.42 Å². The van der Waals surface area contributed by atoms with Crippen molar-refractivity contribution in [1.82, 2.24) is 20.1 Å². The SMILES string of the molecule is COc1cc(-c2noc(CCCl)n2)ncn1. The number of aryl methyl sites for hydroxylation is 1. The van der Waals surface area contributed by atoms with Gasteiger partial charge in [0.15, 0.2) is 0 Å². The smallest absolute Gasteiger partial charge is 0.228 e. The maximum atomic E-state index is 5.57. The van der Waals surface area contributed by atoms with Gasteiger partial charge >= 0.3 is 0 Å². The lowest BCUT2D eigenvalue weighted by atomic mass is 10.4. The van der Waals surface area contributed by atoms with E-state index in [4.69, 9.17) is 20.9 Å². The molecule has 0 atom stereocenters. The van der Waals surface area contributed by atoms with Crippen molar-refractivity contribution in [2.24, 2.45) is 0 Å². The average Bonchev–Trinajstić information content (AvgIpc) is 2.78. The molecule has 7 heteroatoms. The normalized spacial score (nSPS) is 10.4. The zero-order valence-corrected chi connectivity index (χ0v) is 9.31. The van der Waals surface area contributed by atoms with Crippen LogP contribution in [-0.2, 0) is 6.42 Å². The minimum atomic E-state index is 0.404. The van der Waals surface area contributed by atoms with Gasteiger partial charge in [-0.3, -0.25) is 0 Å². The van der Waals surface area contributed by atoms with E-state index in [1.807, 2.05) is 0 Å². The molecule has 0 fully saturated rings. The first-order valence-corrected chi connectivity index (χ1v) is 5.12. The Labute approximate surface area is 96.6 Å². The van der Waals surface area contributed by atoms with Crippen molar-refractivity contribution in [3.05, 3.63) is 18.3 Å². The summed E-state index contributed by atoms with van der Waals surface area (Å²) in [6, 6.07) is 1.63. The predicted molar refractivity (Wildman–Crippen MR) is 56.3 cm³/mol. The van der Waals surface area contributed by atoms with E-state index < -0.39 is 0 Å². The minimum absolute atomic E-state index is 0.404. The highest BCUT2D eigenvalue weighted by Gasteiger charge is 2.10. The molecule has 0 saturated heterocycles. The molecule has 0 aliphatic rings. The van der Waals surface area contributed by atoms with E-state index in [-0.39, 0.29) is 0 Å². The third-order valence-electron chi connectivity index (χ3n) is 1.86. The Morgan fingerprint density at radius 2 is 2.31 bits per heavy atom. The molecule has 0 N–H and O–H groups in total. The predicted octanol–water partition coefficient (Wildman–Crippen LogP) is 1.32. The van der Waals surface area contributed by atoms with Gasteiger partial charge in [-0.05, 0) is 0 Å². The Kier molecular flexibility index (Phi) is 3.31. The molecule has 2 rings (SSSR count). The van der Waals surface area contributed by atoms with Crippen molar-refractivity contribution in [1.29, 1.82) is 0 Å². The molecule has 2 heterocycles. The van der Waals surface area contributed by atoms with Crippen LogP contribution in [0.25, 0.3) is 11.5 Å². The first-order chi connectivity index (χ1) is 7.83. The van der Waals surface area contributed by atoms with E-state index in [1.54, 1.807) is 6.07 Å². The molecule has 6 nitrogen and oxygen atoms in total. The van der Waals surface area contributed by atoms with Gasteiger partial charge in [0.1, 0.15) is 12.0 Å². The highest BCUT2D eigenvalue weighted by Crippen LogP contribution is 2.16. The van der Waals surface area contributed by atoms with E-state index in [2.05, 4.69) is 20.1 Å². The molecule has 0 amide bonds. The molecule has 0 bridgehead atoms. The van der Waals surface area contributed by atoms with Gasteiger partial charge in [0.05, 0.1) is 7.11 Å². The number of hydrogen-bond donors (Lipinski definition) is 0. The summed E-state index contributed by atoms with van der Waals surface area (Å²) in [5.41, 5.74) is 0.552. The van der Waals surface area contributed by atoms with E-state index in [0.717, 1.165) is 0 Å². The van der Waals surface area contributed by atoms with Gasteiger partial charge in [-0.2, -0.15) is 4.98 Å². The topological polar surface area (TPSA) is 73.9 Å². The van der Waals surface area contributed by atoms with Crippen molar-refractivity contribution in [2.75, 3.05) is 13.0 Å². The Morgan fingerprint density at radius 3 is 3.06 bits per heavy atom. The molecule has 0 saturated carbocycles. The van der Waals surface area contributed by atoms with Crippen molar-refractivity contribution < 1.29 is 9.26 Å². The fraction of sp³-hybridized carbons (Fsp3) is 0.333. The molecule has 84 valence electrons. The second-order valence-electron chi connectivity index (χ2n) is 2.90. The first kappa shape index (κ1) is 10.8. The lowest BCUT2D eigenvalue weighted by Gasteiger charge is -1.97. The van der Waals surface area contributed by atoms with Crippen LogP contribution >= 0.6 is 11.6 Å². The van der Waals surface area contributed by atoms with Crippen LogP contribution in [0.3, 0.4) is 0 Å². The van der Waals surface area contributed by atoms with Crippen LogP contribution in [-0.4, -0.2) is 33.1 Å². The standard InChI is InChI=1S/C9H9ClN4O2/c1-15-8-4-6(11-5-12-8)9-13-7(2-3-10)16-14-9/h4-5H,2-3H2,1H3. The summed E-state index contributed by atoms with van der Waals surface area (Å²) in [6.07, 6.45) is 1.92. The van der Waals surface area contributed by atoms with Gasteiger partial charge in [0.2, 0.25) is 17.6 Å². The third-order valence-corrected chi connectivity index (χ3v) is 2.05. The van der Waals surface area contributed by atoms with Gasteiger partial charge in [0.25, 0.3) is 0 Å². The van der Waals surface area contributed by atoms with Crippen LogP contribution in [0.2, 0.25) is 0 Å². The number of ether oxygens (including phenoxy) is 1. The second kappa shape index (κ2) is 4.89. The molecule has 0 aromatic carbocycles. The lowest BCUT2D eigenvalue weighted by Crippen LogP contribution is -1.92. The number of alkyl halides is 1. The largest absolute Gasteiger partial charge is 0.481 e. The van der Waals surface area contributed by atoms with E-state index in [1.165, 1.54) is 13.4 Å². The third kappa shape index (κ3) is 2.27. The lowest BCUT2D eigenvalue weighted by molar-refractivity contribution is 0.383. The van der Waals surface area contributed by atoms with Crippen LogP contribution in [0.4, 0.5) is 0 Å².